The molecule has 0 heterocycles. The highest BCUT2D eigenvalue weighted by molar-refractivity contribution is 6.18. The molecule has 0 aliphatic heterocycles. The van der Waals surface area contributed by atoms with Crippen LogP contribution in [-0.4, -0.2) is 18.8 Å². The Bertz CT molecular complexity index is 315. The summed E-state index contributed by atoms with van der Waals surface area (Å²) in [6.45, 7) is 0.302. The monoisotopic (exact) mass is 216 g/mol. The van der Waals surface area contributed by atoms with Crippen LogP contribution in [-0.2, 0) is 11.2 Å². The lowest BCUT2D eigenvalue weighted by molar-refractivity contribution is -0.107. The number of aldehydes is 1. The highest BCUT2D eigenvalue weighted by atomic mass is 35.5. The van der Waals surface area contributed by atoms with Crippen LogP contribution in [0, 0.1) is 5.82 Å². The van der Waals surface area contributed by atoms with Gasteiger partial charge in [-0.2, -0.15) is 0 Å². The number of carbonyl (C=O) groups is 1. The van der Waals surface area contributed by atoms with Crippen molar-refractivity contribution in [2.24, 2.45) is 0 Å². The molecular formula is C10H10ClFO2. The number of halogens is 2. The van der Waals surface area contributed by atoms with Crippen molar-refractivity contribution in [3.05, 3.63) is 29.6 Å². The lowest BCUT2D eigenvalue weighted by Crippen LogP contribution is -2.02. The van der Waals surface area contributed by atoms with Crippen molar-refractivity contribution in [1.82, 2.24) is 0 Å². The Balaban J connectivity index is 2.84. The van der Waals surface area contributed by atoms with Crippen LogP contribution in [0.3, 0.4) is 0 Å². The molecule has 1 aromatic rings. The molecule has 0 atom stereocenters. The molecule has 0 bridgehead atoms. The summed E-state index contributed by atoms with van der Waals surface area (Å²) in [5.41, 5.74) is 0.673. The largest absolute Gasteiger partial charge is 0.492 e. The minimum absolute atomic E-state index is 0.220. The van der Waals surface area contributed by atoms with Gasteiger partial charge in [-0.3, -0.25) is 0 Å². The van der Waals surface area contributed by atoms with Crippen LogP contribution in [0.5, 0.6) is 5.75 Å². The molecule has 2 nitrogen and oxygen atoms in total. The molecule has 0 aliphatic carbocycles. The molecule has 0 N–H and O–H groups in total. The molecule has 1 aromatic carbocycles. The fourth-order valence-electron chi connectivity index (χ4n) is 1.07. The van der Waals surface area contributed by atoms with E-state index in [9.17, 15) is 9.18 Å². The minimum atomic E-state index is -0.385. The summed E-state index contributed by atoms with van der Waals surface area (Å²) in [7, 11) is 0. The molecule has 0 spiro atoms. The van der Waals surface area contributed by atoms with Gasteiger partial charge >= 0.3 is 0 Å². The Kier molecular flexibility index (Phi) is 4.40. The van der Waals surface area contributed by atoms with Gasteiger partial charge in [0.2, 0.25) is 0 Å². The maximum atomic E-state index is 12.8. The number of hydrogen-bond acceptors (Lipinski definition) is 2. The van der Waals surface area contributed by atoms with Crippen LogP contribution < -0.4 is 4.74 Å². The van der Waals surface area contributed by atoms with Crippen molar-refractivity contribution in [1.29, 1.82) is 0 Å². The topological polar surface area (TPSA) is 26.3 Å². The molecule has 14 heavy (non-hydrogen) atoms. The first-order chi connectivity index (χ1) is 6.77. The molecule has 0 aliphatic rings. The average molecular weight is 217 g/mol. The van der Waals surface area contributed by atoms with E-state index in [1.165, 1.54) is 18.2 Å². The summed E-state index contributed by atoms with van der Waals surface area (Å²) in [6.07, 6.45) is 0.971. The van der Waals surface area contributed by atoms with E-state index < -0.39 is 0 Å². The molecule has 0 amide bonds. The molecule has 1 rings (SSSR count). The Hall–Kier alpha value is -1.09. The average Bonchev–Trinajstić information content (AvgIpc) is 2.18. The molecule has 0 radical (unpaired) electrons. The van der Waals surface area contributed by atoms with Crippen molar-refractivity contribution < 1.29 is 13.9 Å². The number of carbonyl (C=O) groups excluding carboxylic acids is 1. The van der Waals surface area contributed by atoms with E-state index in [-0.39, 0.29) is 12.2 Å². The Labute approximate surface area is 86.6 Å². The minimum Gasteiger partial charge on any atom is -0.492 e. The van der Waals surface area contributed by atoms with Crippen molar-refractivity contribution in [3.8, 4) is 5.75 Å². The Morgan fingerprint density at radius 3 is 2.93 bits per heavy atom. The van der Waals surface area contributed by atoms with Crippen molar-refractivity contribution in [3.63, 3.8) is 0 Å². The molecular weight excluding hydrogens is 207 g/mol. The van der Waals surface area contributed by atoms with E-state index in [0.29, 0.717) is 23.8 Å². The summed E-state index contributed by atoms with van der Waals surface area (Å²) in [5.74, 6) is 0.332. The number of hydrogen-bond donors (Lipinski definition) is 0. The quantitative estimate of drug-likeness (QED) is 0.557. The van der Waals surface area contributed by atoms with E-state index in [1.54, 1.807) is 0 Å². The van der Waals surface area contributed by atoms with E-state index in [0.717, 1.165) is 6.29 Å². The number of ether oxygens (including phenoxy) is 1. The zero-order valence-electron chi connectivity index (χ0n) is 7.50. The van der Waals surface area contributed by atoms with Crippen LogP contribution in [0.1, 0.15) is 5.56 Å². The summed E-state index contributed by atoms with van der Waals surface area (Å²) in [4.78, 5) is 10.3. The summed E-state index contributed by atoms with van der Waals surface area (Å²) in [6, 6.07) is 4.09. The van der Waals surface area contributed by atoms with Crippen LogP contribution in [0.25, 0.3) is 0 Å². The number of rotatable bonds is 5. The van der Waals surface area contributed by atoms with E-state index in [4.69, 9.17) is 16.3 Å². The molecule has 0 saturated carbocycles. The highest BCUT2D eigenvalue weighted by Crippen LogP contribution is 2.19. The normalized spacial score (nSPS) is 9.86. The Morgan fingerprint density at radius 1 is 1.50 bits per heavy atom. The molecule has 4 heteroatoms. The summed E-state index contributed by atoms with van der Waals surface area (Å²) < 4.78 is 18.0. The van der Waals surface area contributed by atoms with Crippen molar-refractivity contribution in [2.45, 2.75) is 6.42 Å². The van der Waals surface area contributed by atoms with E-state index in [2.05, 4.69) is 0 Å². The van der Waals surface area contributed by atoms with Crippen molar-refractivity contribution >= 4 is 17.9 Å². The van der Waals surface area contributed by atoms with Gasteiger partial charge in [0.25, 0.3) is 0 Å². The van der Waals surface area contributed by atoms with Gasteiger partial charge in [-0.1, -0.05) is 6.07 Å². The Morgan fingerprint density at radius 2 is 2.29 bits per heavy atom. The highest BCUT2D eigenvalue weighted by Gasteiger charge is 2.04. The van der Waals surface area contributed by atoms with Gasteiger partial charge in [-0.05, 0) is 6.07 Å². The van der Waals surface area contributed by atoms with E-state index in [1.807, 2.05) is 0 Å². The lowest BCUT2D eigenvalue weighted by Gasteiger charge is -2.08. The molecule has 0 aromatic heterocycles. The maximum Gasteiger partial charge on any atom is 0.126 e. The summed E-state index contributed by atoms with van der Waals surface area (Å²) in [5, 5.41) is 0. The van der Waals surface area contributed by atoms with Gasteiger partial charge in [0.05, 0.1) is 5.88 Å². The fourth-order valence-corrected chi connectivity index (χ4v) is 1.15. The van der Waals surface area contributed by atoms with Gasteiger partial charge in [0.1, 0.15) is 24.5 Å². The lowest BCUT2D eigenvalue weighted by atomic mass is 10.1. The van der Waals surface area contributed by atoms with Crippen LogP contribution >= 0.6 is 11.6 Å². The number of alkyl halides is 1. The van der Waals surface area contributed by atoms with Gasteiger partial charge < -0.3 is 9.53 Å². The van der Waals surface area contributed by atoms with Gasteiger partial charge in [-0.15, -0.1) is 11.6 Å². The van der Waals surface area contributed by atoms with E-state index >= 15 is 0 Å². The fraction of sp³-hybridized carbons (Fsp3) is 0.300. The second kappa shape index (κ2) is 5.60. The van der Waals surface area contributed by atoms with Crippen LogP contribution in [0.4, 0.5) is 4.39 Å². The maximum absolute atomic E-state index is 12.8. The molecule has 0 saturated heterocycles. The molecule has 0 unspecified atom stereocenters. The zero-order chi connectivity index (χ0) is 10.4. The second-order valence-electron chi connectivity index (χ2n) is 2.66. The smallest absolute Gasteiger partial charge is 0.126 e. The number of benzene rings is 1. The predicted octanol–water partition coefficient (Wildman–Crippen LogP) is 2.18. The van der Waals surface area contributed by atoms with Gasteiger partial charge in [0.15, 0.2) is 0 Å². The predicted molar refractivity (Wildman–Crippen MR) is 52.4 cm³/mol. The standard InChI is InChI=1S/C10H10ClFO2/c11-4-6-14-10-7-9(12)2-1-8(10)3-5-13/h1-2,5,7H,3-4,6H2. The van der Waals surface area contributed by atoms with Crippen molar-refractivity contribution in [2.75, 3.05) is 12.5 Å². The second-order valence-corrected chi connectivity index (χ2v) is 3.04. The third kappa shape index (κ3) is 3.00. The zero-order valence-corrected chi connectivity index (χ0v) is 8.26. The first-order valence-corrected chi connectivity index (χ1v) is 4.72. The summed E-state index contributed by atoms with van der Waals surface area (Å²) >= 11 is 5.43. The SMILES string of the molecule is O=CCc1ccc(F)cc1OCCCl. The molecule has 76 valence electrons. The first-order valence-electron chi connectivity index (χ1n) is 4.18. The first kappa shape index (κ1) is 11.0. The van der Waals surface area contributed by atoms with Crippen LogP contribution in [0.15, 0.2) is 18.2 Å². The van der Waals surface area contributed by atoms with Crippen LogP contribution in [0.2, 0.25) is 0 Å². The third-order valence-corrected chi connectivity index (χ3v) is 1.82. The van der Waals surface area contributed by atoms with Gasteiger partial charge in [0, 0.05) is 18.1 Å². The molecule has 0 fully saturated rings. The third-order valence-electron chi connectivity index (χ3n) is 1.67. The van der Waals surface area contributed by atoms with Gasteiger partial charge in [-0.25, -0.2) is 4.39 Å².